The van der Waals surface area contributed by atoms with Gasteiger partial charge in [0.25, 0.3) is 0 Å². The lowest BCUT2D eigenvalue weighted by atomic mass is 10.0. The van der Waals surface area contributed by atoms with E-state index >= 15 is 0 Å². The summed E-state index contributed by atoms with van der Waals surface area (Å²) in [5, 5.41) is 15.5. The van der Waals surface area contributed by atoms with Gasteiger partial charge in [0, 0.05) is 32.6 Å². The Hall–Kier alpha value is -2.85. The molecule has 1 aliphatic heterocycles. The zero-order valence-electron chi connectivity index (χ0n) is 18.7. The van der Waals surface area contributed by atoms with Crippen molar-refractivity contribution >= 4 is 22.4 Å². The molecule has 9 nitrogen and oxygen atoms in total. The van der Waals surface area contributed by atoms with Crippen LogP contribution in [0.4, 0.5) is 4.79 Å². The summed E-state index contributed by atoms with van der Waals surface area (Å²) in [6.45, 7) is 9.16. The molecule has 32 heavy (non-hydrogen) atoms. The second-order valence-electron chi connectivity index (χ2n) is 7.49. The molecule has 1 atom stereocenters. The number of amides is 1. The SMILES string of the molecule is CCOC(=O)N1CCN([C@@H](c2ccc(OCC)cc2)c2sc3nc(CC)nn3c2O)CC1. The van der Waals surface area contributed by atoms with Crippen molar-refractivity contribution in [1.82, 2.24) is 24.4 Å². The molecular weight excluding hydrogens is 430 g/mol. The highest BCUT2D eigenvalue weighted by Gasteiger charge is 2.33. The predicted molar refractivity (Wildman–Crippen MR) is 122 cm³/mol. The Morgan fingerprint density at radius 1 is 1.12 bits per heavy atom. The van der Waals surface area contributed by atoms with Crippen LogP contribution in [0, 0.1) is 0 Å². The van der Waals surface area contributed by atoms with Crippen LogP contribution in [0.15, 0.2) is 24.3 Å². The lowest BCUT2D eigenvalue weighted by molar-refractivity contribution is 0.0715. The van der Waals surface area contributed by atoms with Crippen molar-refractivity contribution in [1.29, 1.82) is 0 Å². The Kier molecular flexibility index (Phi) is 6.80. The number of rotatable bonds is 7. The van der Waals surface area contributed by atoms with Crippen molar-refractivity contribution in [2.45, 2.75) is 33.2 Å². The number of nitrogens with zero attached hydrogens (tertiary/aromatic N) is 5. The number of fused-ring (bicyclic) bond motifs is 1. The van der Waals surface area contributed by atoms with Crippen LogP contribution < -0.4 is 4.74 Å². The molecule has 1 N–H and O–H groups in total. The molecule has 0 unspecified atom stereocenters. The highest BCUT2D eigenvalue weighted by molar-refractivity contribution is 7.17. The van der Waals surface area contributed by atoms with E-state index in [-0.39, 0.29) is 18.0 Å². The number of ether oxygens (including phenoxy) is 2. The van der Waals surface area contributed by atoms with E-state index in [1.165, 1.54) is 15.9 Å². The van der Waals surface area contributed by atoms with Gasteiger partial charge >= 0.3 is 6.09 Å². The van der Waals surface area contributed by atoms with Crippen LogP contribution in [0.1, 0.15) is 43.1 Å². The topological polar surface area (TPSA) is 92.4 Å². The van der Waals surface area contributed by atoms with E-state index in [0.29, 0.717) is 56.6 Å². The first-order valence-electron chi connectivity index (χ1n) is 11.0. The zero-order valence-corrected chi connectivity index (χ0v) is 19.5. The molecule has 10 heteroatoms. The van der Waals surface area contributed by atoms with E-state index < -0.39 is 0 Å². The summed E-state index contributed by atoms with van der Waals surface area (Å²) >= 11 is 1.45. The third-order valence-electron chi connectivity index (χ3n) is 5.52. The fourth-order valence-corrected chi connectivity index (χ4v) is 5.07. The Morgan fingerprint density at radius 3 is 2.44 bits per heavy atom. The number of hydrogen-bond acceptors (Lipinski definition) is 8. The number of aromatic nitrogens is 3. The zero-order chi connectivity index (χ0) is 22.7. The first-order valence-corrected chi connectivity index (χ1v) is 11.8. The van der Waals surface area contributed by atoms with Gasteiger partial charge in [-0.05, 0) is 31.5 Å². The summed E-state index contributed by atoms with van der Waals surface area (Å²) in [7, 11) is 0. The largest absolute Gasteiger partial charge is 0.494 e. The van der Waals surface area contributed by atoms with E-state index in [1.807, 2.05) is 45.0 Å². The summed E-state index contributed by atoms with van der Waals surface area (Å²) in [4.78, 5) is 22.1. The van der Waals surface area contributed by atoms with Gasteiger partial charge in [-0.2, -0.15) is 4.52 Å². The number of thiazole rings is 1. The smallest absolute Gasteiger partial charge is 0.409 e. The van der Waals surface area contributed by atoms with E-state index in [2.05, 4.69) is 15.0 Å². The average Bonchev–Trinajstić information content (AvgIpc) is 3.35. The third-order valence-corrected chi connectivity index (χ3v) is 6.59. The van der Waals surface area contributed by atoms with Gasteiger partial charge in [-0.1, -0.05) is 30.4 Å². The number of aromatic hydroxyl groups is 1. The van der Waals surface area contributed by atoms with Gasteiger partial charge in [-0.15, -0.1) is 5.10 Å². The van der Waals surface area contributed by atoms with E-state index in [1.54, 1.807) is 4.90 Å². The van der Waals surface area contributed by atoms with Crippen LogP contribution in [0.2, 0.25) is 0 Å². The average molecular weight is 460 g/mol. The lowest BCUT2D eigenvalue weighted by Crippen LogP contribution is -2.49. The van der Waals surface area contributed by atoms with Crippen LogP contribution in [0.25, 0.3) is 4.96 Å². The maximum absolute atomic E-state index is 12.1. The molecule has 1 saturated heterocycles. The highest BCUT2D eigenvalue weighted by atomic mass is 32.1. The minimum atomic E-state index is -0.279. The molecule has 0 bridgehead atoms. The predicted octanol–water partition coefficient (Wildman–Crippen LogP) is 3.32. The summed E-state index contributed by atoms with van der Waals surface area (Å²) in [6, 6.07) is 7.77. The fourth-order valence-electron chi connectivity index (χ4n) is 3.94. The molecule has 172 valence electrons. The van der Waals surface area contributed by atoms with Gasteiger partial charge in [-0.3, -0.25) is 4.90 Å². The van der Waals surface area contributed by atoms with Crippen molar-refractivity contribution in [2.75, 3.05) is 39.4 Å². The van der Waals surface area contributed by atoms with Crippen molar-refractivity contribution in [2.24, 2.45) is 0 Å². The second-order valence-corrected chi connectivity index (χ2v) is 8.50. The Balaban J connectivity index is 1.66. The normalized spacial score (nSPS) is 15.8. The molecule has 0 spiro atoms. The molecule has 3 aromatic rings. The Morgan fingerprint density at radius 2 is 1.84 bits per heavy atom. The summed E-state index contributed by atoms with van der Waals surface area (Å²) in [5.74, 6) is 1.63. The van der Waals surface area contributed by atoms with Crippen molar-refractivity contribution in [3.05, 3.63) is 40.5 Å². The maximum Gasteiger partial charge on any atom is 0.409 e. The van der Waals surface area contributed by atoms with Crippen molar-refractivity contribution in [3.8, 4) is 11.6 Å². The standard InChI is InChI=1S/C22H29N5O4S/c1-4-17-23-21-27(24-17)20(28)19(32-21)18(15-7-9-16(10-8-15)30-5-2)25-11-13-26(14-12-25)22(29)31-6-3/h7-10,18,28H,4-6,11-14H2,1-3H3/t18-/m0/s1. The molecule has 0 saturated carbocycles. The molecule has 3 heterocycles. The summed E-state index contributed by atoms with van der Waals surface area (Å²) < 4.78 is 12.3. The number of aryl methyl sites for hydroxylation is 1. The second kappa shape index (κ2) is 9.74. The van der Waals surface area contributed by atoms with E-state index in [4.69, 9.17) is 9.47 Å². The fraction of sp³-hybridized carbons (Fsp3) is 0.500. The van der Waals surface area contributed by atoms with Crippen LogP contribution >= 0.6 is 11.3 Å². The Labute approximate surface area is 191 Å². The maximum atomic E-state index is 12.1. The molecule has 0 aliphatic carbocycles. The monoisotopic (exact) mass is 459 g/mol. The molecule has 4 rings (SSSR count). The van der Waals surface area contributed by atoms with Crippen LogP contribution in [0.3, 0.4) is 0 Å². The van der Waals surface area contributed by atoms with E-state index in [0.717, 1.165) is 16.2 Å². The summed E-state index contributed by atoms with van der Waals surface area (Å²) in [5.41, 5.74) is 1.04. The first kappa shape index (κ1) is 22.3. The molecule has 2 aromatic heterocycles. The van der Waals surface area contributed by atoms with Crippen LogP contribution in [-0.4, -0.2) is 75.0 Å². The van der Waals surface area contributed by atoms with Crippen LogP contribution in [0.5, 0.6) is 11.6 Å². The minimum Gasteiger partial charge on any atom is -0.494 e. The third kappa shape index (κ3) is 4.37. The van der Waals surface area contributed by atoms with Gasteiger partial charge in [0.15, 0.2) is 5.82 Å². The Bertz CT molecular complexity index is 1060. The highest BCUT2D eigenvalue weighted by Crippen LogP contribution is 2.40. The first-order chi connectivity index (χ1) is 15.5. The van der Waals surface area contributed by atoms with Gasteiger partial charge in [0.2, 0.25) is 10.8 Å². The van der Waals surface area contributed by atoms with Gasteiger partial charge in [0.05, 0.1) is 24.1 Å². The number of hydrogen-bond donors (Lipinski definition) is 1. The summed E-state index contributed by atoms with van der Waals surface area (Å²) in [6.07, 6.45) is 0.430. The van der Waals surface area contributed by atoms with Crippen molar-refractivity contribution in [3.63, 3.8) is 0 Å². The molecule has 1 aliphatic rings. The molecule has 1 aromatic carbocycles. The molecule has 0 radical (unpaired) electrons. The van der Waals surface area contributed by atoms with Gasteiger partial charge in [-0.25, -0.2) is 9.78 Å². The number of benzene rings is 1. The van der Waals surface area contributed by atoms with Gasteiger partial charge in [0.1, 0.15) is 5.75 Å². The molecule has 1 amide bonds. The van der Waals surface area contributed by atoms with Crippen LogP contribution in [-0.2, 0) is 11.2 Å². The van der Waals surface area contributed by atoms with E-state index in [9.17, 15) is 9.90 Å². The molecule has 1 fully saturated rings. The van der Waals surface area contributed by atoms with Crippen molar-refractivity contribution < 1.29 is 19.4 Å². The minimum absolute atomic E-state index is 0.115. The quantitative estimate of drug-likeness (QED) is 0.579. The van der Waals surface area contributed by atoms with Gasteiger partial charge < -0.3 is 19.5 Å². The molecular formula is C22H29N5O4S. The number of piperazine rings is 1. The number of carbonyl (C=O) groups excluding carboxylic acids is 1. The lowest BCUT2D eigenvalue weighted by Gasteiger charge is -2.38. The number of carbonyl (C=O) groups is 1.